The minimum absolute atomic E-state index is 0.425. The van der Waals surface area contributed by atoms with Crippen LogP contribution in [0, 0.1) is 0 Å². The van der Waals surface area contributed by atoms with Crippen LogP contribution in [0.25, 0.3) is 27.5 Å². The number of benzene rings is 3. The van der Waals surface area contributed by atoms with Crippen molar-refractivity contribution in [3.8, 4) is 5.69 Å². The van der Waals surface area contributed by atoms with E-state index in [2.05, 4.69) is 71.3 Å². The predicted octanol–water partition coefficient (Wildman–Crippen LogP) is 4.33. The Labute approximate surface area is 166 Å². The fourth-order valence-electron chi connectivity index (χ4n) is 3.47. The lowest BCUT2D eigenvalue weighted by molar-refractivity contribution is -0.0893. The van der Waals surface area contributed by atoms with Crippen LogP contribution in [0.3, 0.4) is 0 Å². The van der Waals surface area contributed by atoms with Gasteiger partial charge >= 0.3 is 7.48 Å². The maximum Gasteiger partial charge on any atom is 0.311 e. The molecule has 0 bridgehead atoms. The zero-order valence-electron chi connectivity index (χ0n) is 16.9. The van der Waals surface area contributed by atoms with Crippen molar-refractivity contribution >= 4 is 34.8 Å². The fraction of sp³-hybridized carbons (Fsp3) is 0.250. The molecule has 0 radical (unpaired) electrons. The largest absolute Gasteiger partial charge is 0.427 e. The van der Waals surface area contributed by atoms with Gasteiger partial charge in [-0.1, -0.05) is 54.6 Å². The SMILES string of the molecule is CC(C)(O)C(C)(C)OBc1ccccc1-n1c2ccccc2c2ccccc21. The molecular weight excluding hydrogens is 345 g/mol. The smallest absolute Gasteiger partial charge is 0.311 e. The minimum atomic E-state index is -0.936. The average Bonchev–Trinajstić information content (AvgIpc) is 3.00. The summed E-state index contributed by atoms with van der Waals surface area (Å²) in [6.45, 7) is 7.42. The molecule has 3 nitrogen and oxygen atoms in total. The van der Waals surface area contributed by atoms with Gasteiger partial charge in [0.15, 0.2) is 0 Å². The van der Waals surface area contributed by atoms with Gasteiger partial charge in [0, 0.05) is 16.5 Å². The van der Waals surface area contributed by atoms with E-state index in [9.17, 15) is 5.11 Å². The van der Waals surface area contributed by atoms with E-state index >= 15 is 0 Å². The van der Waals surface area contributed by atoms with Crippen molar-refractivity contribution in [3.05, 3.63) is 72.8 Å². The molecule has 0 saturated heterocycles. The summed E-state index contributed by atoms with van der Waals surface area (Å²) in [4.78, 5) is 0. The summed E-state index contributed by atoms with van der Waals surface area (Å²) in [5, 5.41) is 12.9. The predicted molar refractivity (Wildman–Crippen MR) is 119 cm³/mol. The van der Waals surface area contributed by atoms with Gasteiger partial charge in [-0.25, -0.2) is 0 Å². The summed E-state index contributed by atoms with van der Waals surface area (Å²) in [6.07, 6.45) is 0. The van der Waals surface area contributed by atoms with Crippen LogP contribution >= 0.6 is 0 Å². The number of fused-ring (bicyclic) bond motifs is 3. The van der Waals surface area contributed by atoms with Gasteiger partial charge in [-0.05, 0) is 51.4 Å². The van der Waals surface area contributed by atoms with Gasteiger partial charge in [0.1, 0.15) is 0 Å². The zero-order valence-corrected chi connectivity index (χ0v) is 16.9. The van der Waals surface area contributed by atoms with Crippen LogP contribution in [0.5, 0.6) is 0 Å². The van der Waals surface area contributed by atoms with Crippen LogP contribution in [0.4, 0.5) is 0 Å². The third-order valence-electron chi connectivity index (χ3n) is 5.87. The molecule has 0 amide bonds. The first-order valence-electron chi connectivity index (χ1n) is 9.72. The second-order valence-electron chi connectivity index (χ2n) is 8.36. The van der Waals surface area contributed by atoms with Crippen LogP contribution in [-0.4, -0.2) is 28.4 Å². The van der Waals surface area contributed by atoms with Gasteiger partial charge in [-0.15, -0.1) is 0 Å². The van der Waals surface area contributed by atoms with Crippen molar-refractivity contribution < 1.29 is 9.76 Å². The highest BCUT2D eigenvalue weighted by atomic mass is 16.5. The van der Waals surface area contributed by atoms with Gasteiger partial charge in [0.05, 0.1) is 22.2 Å². The van der Waals surface area contributed by atoms with Crippen LogP contribution in [0.2, 0.25) is 0 Å². The monoisotopic (exact) mass is 371 g/mol. The van der Waals surface area contributed by atoms with E-state index < -0.39 is 11.2 Å². The Balaban J connectivity index is 1.85. The Bertz CT molecular complexity index is 1080. The summed E-state index contributed by atoms with van der Waals surface area (Å²) < 4.78 is 8.49. The summed E-state index contributed by atoms with van der Waals surface area (Å²) in [5.74, 6) is 0. The standard InChI is InChI=1S/C24H26BNO2/c1-23(2,27)24(3,4)28-25-19-13-7-10-16-22(19)26-20-14-8-5-11-17(20)18-12-6-9-15-21(18)26/h5-16,25,27H,1-4H3. The van der Waals surface area contributed by atoms with E-state index in [1.807, 2.05) is 19.9 Å². The van der Waals surface area contributed by atoms with Crippen LogP contribution in [-0.2, 0) is 4.65 Å². The van der Waals surface area contributed by atoms with E-state index in [-0.39, 0.29) is 0 Å². The van der Waals surface area contributed by atoms with Gasteiger partial charge < -0.3 is 14.3 Å². The first-order valence-corrected chi connectivity index (χ1v) is 9.72. The molecule has 4 heteroatoms. The normalized spacial score (nSPS) is 12.6. The van der Waals surface area contributed by atoms with Crippen molar-refractivity contribution in [1.82, 2.24) is 4.57 Å². The quantitative estimate of drug-likeness (QED) is 0.530. The molecule has 0 atom stereocenters. The maximum atomic E-state index is 10.4. The highest BCUT2D eigenvalue weighted by molar-refractivity contribution is 6.49. The molecule has 0 saturated carbocycles. The number of hydrogen-bond donors (Lipinski definition) is 1. The van der Waals surface area contributed by atoms with Crippen molar-refractivity contribution in [2.24, 2.45) is 0 Å². The zero-order chi connectivity index (χ0) is 19.9. The number of rotatable bonds is 5. The van der Waals surface area contributed by atoms with Crippen LogP contribution in [0.1, 0.15) is 27.7 Å². The molecule has 0 aliphatic carbocycles. The van der Waals surface area contributed by atoms with Crippen molar-refractivity contribution in [2.75, 3.05) is 0 Å². The van der Waals surface area contributed by atoms with E-state index in [0.717, 1.165) is 11.2 Å². The summed E-state index contributed by atoms with van der Waals surface area (Å²) in [6, 6.07) is 25.3. The Morgan fingerprint density at radius 1 is 0.750 bits per heavy atom. The first-order chi connectivity index (χ1) is 13.3. The molecule has 0 fully saturated rings. The Kier molecular flexibility index (Phi) is 4.57. The molecule has 1 N–H and O–H groups in total. The highest BCUT2D eigenvalue weighted by Gasteiger charge is 2.35. The summed E-state index contributed by atoms with van der Waals surface area (Å²) in [5.41, 5.74) is 2.95. The second kappa shape index (κ2) is 6.80. The second-order valence-corrected chi connectivity index (χ2v) is 8.36. The third-order valence-corrected chi connectivity index (χ3v) is 5.87. The molecule has 1 aromatic heterocycles. The number of aliphatic hydroxyl groups is 1. The molecule has 28 heavy (non-hydrogen) atoms. The highest BCUT2D eigenvalue weighted by Crippen LogP contribution is 2.31. The molecule has 4 rings (SSSR count). The molecular formula is C24H26BNO2. The molecule has 3 aromatic carbocycles. The molecule has 1 heterocycles. The minimum Gasteiger partial charge on any atom is -0.427 e. The van der Waals surface area contributed by atoms with E-state index in [0.29, 0.717) is 7.48 Å². The van der Waals surface area contributed by atoms with Crippen molar-refractivity contribution in [2.45, 2.75) is 38.9 Å². The van der Waals surface area contributed by atoms with Gasteiger partial charge in [-0.3, -0.25) is 0 Å². The average molecular weight is 371 g/mol. The first kappa shape index (κ1) is 18.8. The molecule has 0 spiro atoms. The van der Waals surface area contributed by atoms with Gasteiger partial charge in [0.25, 0.3) is 0 Å². The van der Waals surface area contributed by atoms with Crippen LogP contribution < -0.4 is 5.46 Å². The van der Waals surface area contributed by atoms with E-state index in [1.54, 1.807) is 13.8 Å². The Hall–Kier alpha value is -2.56. The molecule has 0 aliphatic rings. The van der Waals surface area contributed by atoms with Crippen molar-refractivity contribution in [1.29, 1.82) is 0 Å². The Morgan fingerprint density at radius 2 is 1.25 bits per heavy atom. The molecule has 4 aromatic rings. The number of nitrogens with zero attached hydrogens (tertiary/aromatic N) is 1. The molecule has 142 valence electrons. The third kappa shape index (κ3) is 3.13. The van der Waals surface area contributed by atoms with Crippen LogP contribution in [0.15, 0.2) is 72.8 Å². The topological polar surface area (TPSA) is 34.4 Å². The fourth-order valence-corrected chi connectivity index (χ4v) is 3.47. The number of aromatic nitrogens is 1. The van der Waals surface area contributed by atoms with Gasteiger partial charge in [0.2, 0.25) is 0 Å². The summed E-state index contributed by atoms with van der Waals surface area (Å²) in [7, 11) is 0.425. The number of hydrogen-bond acceptors (Lipinski definition) is 2. The van der Waals surface area contributed by atoms with E-state index in [1.165, 1.54) is 21.8 Å². The van der Waals surface area contributed by atoms with Crippen molar-refractivity contribution in [3.63, 3.8) is 0 Å². The molecule has 0 aliphatic heterocycles. The number of para-hydroxylation sites is 3. The lowest BCUT2D eigenvalue weighted by atomic mass is 9.81. The van der Waals surface area contributed by atoms with E-state index in [4.69, 9.17) is 4.65 Å². The maximum absolute atomic E-state index is 10.4. The molecule has 0 unspecified atom stereocenters. The summed E-state index contributed by atoms with van der Waals surface area (Å²) >= 11 is 0. The Morgan fingerprint density at radius 3 is 1.82 bits per heavy atom. The lowest BCUT2D eigenvalue weighted by Crippen LogP contribution is -2.49. The van der Waals surface area contributed by atoms with Gasteiger partial charge in [-0.2, -0.15) is 0 Å². The lowest BCUT2D eigenvalue weighted by Gasteiger charge is -2.37.